The van der Waals surface area contributed by atoms with Gasteiger partial charge in [-0.15, -0.1) is 0 Å². The minimum absolute atomic E-state index is 0.0881. The monoisotopic (exact) mass is 283 g/mol. The summed E-state index contributed by atoms with van der Waals surface area (Å²) in [6.07, 6.45) is 1.40. The zero-order valence-corrected chi connectivity index (χ0v) is 11.2. The Morgan fingerprint density at radius 3 is 2.67 bits per heavy atom. The zero-order valence-electron chi connectivity index (χ0n) is 9.61. The van der Waals surface area contributed by atoms with Gasteiger partial charge in [0.1, 0.15) is 6.33 Å². The fraction of sp³-hybridized carbons (Fsp3) is 0.273. The van der Waals surface area contributed by atoms with E-state index in [1.54, 1.807) is 0 Å². The van der Waals surface area contributed by atoms with Gasteiger partial charge in [0.15, 0.2) is 15.0 Å². The Bertz CT molecular complexity index is 568. The SMILES string of the molecule is O=S(=O)(CCSc1ncn[nH]1)Cc1ccccc1. The maximum atomic E-state index is 11.9. The molecule has 0 atom stereocenters. The van der Waals surface area contributed by atoms with E-state index >= 15 is 0 Å². The summed E-state index contributed by atoms with van der Waals surface area (Å²) in [6, 6.07) is 9.19. The normalized spacial score (nSPS) is 11.6. The van der Waals surface area contributed by atoms with Crippen LogP contribution in [-0.4, -0.2) is 35.1 Å². The number of H-pyrrole nitrogens is 1. The third-order valence-corrected chi connectivity index (χ3v) is 4.99. The molecule has 0 saturated heterocycles. The van der Waals surface area contributed by atoms with Crippen LogP contribution in [0.15, 0.2) is 41.8 Å². The zero-order chi connectivity index (χ0) is 12.8. The van der Waals surface area contributed by atoms with E-state index in [-0.39, 0.29) is 11.5 Å². The van der Waals surface area contributed by atoms with E-state index in [1.165, 1.54) is 18.1 Å². The van der Waals surface area contributed by atoms with Crippen molar-refractivity contribution in [1.29, 1.82) is 0 Å². The van der Waals surface area contributed by atoms with Crippen molar-refractivity contribution >= 4 is 21.6 Å². The quantitative estimate of drug-likeness (QED) is 0.813. The Balaban J connectivity index is 1.84. The van der Waals surface area contributed by atoms with Crippen molar-refractivity contribution in [3.05, 3.63) is 42.2 Å². The molecule has 5 nitrogen and oxygen atoms in total. The highest BCUT2D eigenvalue weighted by Crippen LogP contribution is 2.13. The Hall–Kier alpha value is -1.34. The number of hydrogen-bond acceptors (Lipinski definition) is 5. The van der Waals surface area contributed by atoms with Gasteiger partial charge in [-0.2, -0.15) is 5.10 Å². The predicted octanol–water partition coefficient (Wildman–Crippen LogP) is 1.51. The number of aromatic nitrogens is 3. The summed E-state index contributed by atoms with van der Waals surface area (Å²) < 4.78 is 23.7. The molecule has 0 bridgehead atoms. The van der Waals surface area contributed by atoms with E-state index in [9.17, 15) is 8.42 Å². The predicted molar refractivity (Wildman–Crippen MR) is 71.0 cm³/mol. The van der Waals surface area contributed by atoms with Crippen LogP contribution in [0.25, 0.3) is 0 Å². The molecule has 18 heavy (non-hydrogen) atoms. The van der Waals surface area contributed by atoms with E-state index < -0.39 is 9.84 Å². The lowest BCUT2D eigenvalue weighted by molar-refractivity contribution is 0.597. The van der Waals surface area contributed by atoms with Crippen molar-refractivity contribution in [2.45, 2.75) is 10.9 Å². The van der Waals surface area contributed by atoms with Crippen molar-refractivity contribution in [2.75, 3.05) is 11.5 Å². The lowest BCUT2D eigenvalue weighted by Crippen LogP contribution is -2.11. The van der Waals surface area contributed by atoms with Gasteiger partial charge in [-0.25, -0.2) is 13.4 Å². The molecule has 1 aromatic heterocycles. The van der Waals surface area contributed by atoms with Crippen LogP contribution in [0.5, 0.6) is 0 Å². The van der Waals surface area contributed by atoms with Gasteiger partial charge in [-0.1, -0.05) is 42.1 Å². The standard InChI is InChI=1S/C11H13N3O2S2/c15-18(16,8-10-4-2-1-3-5-10)7-6-17-11-12-9-13-14-11/h1-5,9H,6-8H2,(H,12,13,14). The molecule has 1 N–H and O–H groups in total. The first-order valence-electron chi connectivity index (χ1n) is 5.38. The highest BCUT2D eigenvalue weighted by atomic mass is 32.2. The van der Waals surface area contributed by atoms with Gasteiger partial charge in [-0.3, -0.25) is 5.10 Å². The second-order valence-corrected chi connectivity index (χ2v) is 6.98. The molecule has 96 valence electrons. The number of nitrogens with one attached hydrogen (secondary N) is 1. The molecule has 0 unspecified atom stereocenters. The average Bonchev–Trinajstić information content (AvgIpc) is 2.82. The molecule has 1 aromatic carbocycles. The molecule has 0 saturated carbocycles. The van der Waals surface area contributed by atoms with Gasteiger partial charge in [0.25, 0.3) is 0 Å². The largest absolute Gasteiger partial charge is 0.254 e. The van der Waals surface area contributed by atoms with E-state index in [2.05, 4.69) is 15.2 Å². The fourth-order valence-electron chi connectivity index (χ4n) is 1.43. The van der Waals surface area contributed by atoms with Crippen LogP contribution in [0, 0.1) is 0 Å². The van der Waals surface area contributed by atoms with Crippen LogP contribution >= 0.6 is 11.8 Å². The Morgan fingerprint density at radius 2 is 2.00 bits per heavy atom. The molecule has 2 rings (SSSR count). The van der Waals surface area contributed by atoms with E-state index in [0.29, 0.717) is 10.9 Å². The van der Waals surface area contributed by atoms with Crippen LogP contribution in [0.4, 0.5) is 0 Å². The number of rotatable bonds is 6. The van der Waals surface area contributed by atoms with Gasteiger partial charge in [0.2, 0.25) is 0 Å². The number of benzene rings is 1. The van der Waals surface area contributed by atoms with E-state index in [4.69, 9.17) is 0 Å². The number of nitrogens with zero attached hydrogens (tertiary/aromatic N) is 2. The highest BCUT2D eigenvalue weighted by molar-refractivity contribution is 8.00. The average molecular weight is 283 g/mol. The van der Waals surface area contributed by atoms with E-state index in [0.717, 1.165) is 5.56 Å². The molecular formula is C11H13N3O2S2. The third kappa shape index (κ3) is 4.15. The van der Waals surface area contributed by atoms with Gasteiger partial charge in [0, 0.05) is 5.75 Å². The molecule has 0 fully saturated rings. The summed E-state index contributed by atoms with van der Waals surface area (Å²) in [6.45, 7) is 0. The summed E-state index contributed by atoms with van der Waals surface area (Å²) in [5.74, 6) is 0.697. The molecule has 0 aliphatic carbocycles. The van der Waals surface area contributed by atoms with Crippen molar-refractivity contribution in [3.63, 3.8) is 0 Å². The maximum absolute atomic E-state index is 11.9. The Labute approximate surface area is 110 Å². The van der Waals surface area contributed by atoms with Crippen molar-refractivity contribution in [1.82, 2.24) is 15.2 Å². The van der Waals surface area contributed by atoms with Crippen molar-refractivity contribution < 1.29 is 8.42 Å². The Morgan fingerprint density at radius 1 is 1.22 bits per heavy atom. The van der Waals surface area contributed by atoms with Gasteiger partial charge >= 0.3 is 0 Å². The summed E-state index contributed by atoms with van der Waals surface area (Å²) in [4.78, 5) is 3.92. The number of thioether (sulfide) groups is 1. The second-order valence-electron chi connectivity index (χ2n) is 3.72. The first-order chi connectivity index (χ1) is 8.66. The highest BCUT2D eigenvalue weighted by Gasteiger charge is 2.12. The van der Waals surface area contributed by atoms with Gasteiger partial charge < -0.3 is 0 Å². The van der Waals surface area contributed by atoms with Crippen LogP contribution in [0.2, 0.25) is 0 Å². The lowest BCUT2D eigenvalue weighted by Gasteiger charge is -2.03. The number of hydrogen-bond donors (Lipinski definition) is 1. The summed E-state index contributed by atoms with van der Waals surface area (Å²) in [5.41, 5.74) is 0.821. The third-order valence-electron chi connectivity index (χ3n) is 2.26. The van der Waals surface area contributed by atoms with Gasteiger partial charge in [-0.05, 0) is 5.56 Å². The summed E-state index contributed by atoms with van der Waals surface area (Å²) >= 11 is 1.36. The number of aromatic amines is 1. The first-order valence-corrected chi connectivity index (χ1v) is 8.19. The molecule has 0 aliphatic heterocycles. The molecule has 0 aliphatic rings. The smallest absolute Gasteiger partial charge is 0.183 e. The Kier molecular flexibility index (Phi) is 4.38. The first kappa shape index (κ1) is 13.1. The fourth-order valence-corrected chi connectivity index (χ4v) is 4.06. The lowest BCUT2D eigenvalue weighted by atomic mass is 10.2. The molecule has 0 amide bonds. The topological polar surface area (TPSA) is 75.7 Å². The minimum Gasteiger partial charge on any atom is -0.254 e. The molecule has 2 aromatic rings. The second kappa shape index (κ2) is 6.01. The number of sulfone groups is 1. The molecule has 0 radical (unpaired) electrons. The molecule has 1 heterocycles. The van der Waals surface area contributed by atoms with Crippen molar-refractivity contribution in [2.24, 2.45) is 0 Å². The maximum Gasteiger partial charge on any atom is 0.183 e. The van der Waals surface area contributed by atoms with Crippen molar-refractivity contribution in [3.8, 4) is 0 Å². The van der Waals surface area contributed by atoms with Crippen LogP contribution < -0.4 is 0 Å². The van der Waals surface area contributed by atoms with E-state index in [1.807, 2.05) is 30.3 Å². The summed E-state index contributed by atoms with van der Waals surface area (Å²) in [7, 11) is -3.07. The minimum atomic E-state index is -3.07. The van der Waals surface area contributed by atoms with Gasteiger partial charge in [0.05, 0.1) is 11.5 Å². The molecule has 0 spiro atoms. The van der Waals surface area contributed by atoms with Crippen LogP contribution in [0.1, 0.15) is 5.56 Å². The van der Waals surface area contributed by atoms with Crippen LogP contribution in [0.3, 0.4) is 0 Å². The molecule has 7 heteroatoms. The summed E-state index contributed by atoms with van der Waals surface area (Å²) in [5, 5.41) is 7.02. The molecular weight excluding hydrogens is 270 g/mol. The van der Waals surface area contributed by atoms with Crippen LogP contribution in [-0.2, 0) is 15.6 Å².